The lowest BCUT2D eigenvalue weighted by Crippen LogP contribution is -2.57. The highest BCUT2D eigenvalue weighted by Gasteiger charge is 2.43. The summed E-state index contributed by atoms with van der Waals surface area (Å²) in [5, 5.41) is 9.99. The van der Waals surface area contributed by atoms with Crippen molar-refractivity contribution in [2.24, 2.45) is 0 Å². The van der Waals surface area contributed by atoms with Crippen molar-refractivity contribution in [2.45, 2.75) is 0 Å². The summed E-state index contributed by atoms with van der Waals surface area (Å²) in [6.07, 6.45) is 1.43. The predicted octanol–water partition coefficient (Wildman–Crippen LogP) is 5.34. The lowest BCUT2D eigenvalue weighted by atomic mass is 10.0. The number of amides is 4. The molecule has 0 atom stereocenters. The first-order valence-electron chi connectivity index (χ1n) is 9.11. The summed E-state index contributed by atoms with van der Waals surface area (Å²) in [5.41, 5.74) is 1.08. The van der Waals surface area contributed by atoms with Gasteiger partial charge in [0.05, 0.1) is 19.4 Å². The van der Waals surface area contributed by atoms with E-state index < -0.39 is 17.8 Å². The molecule has 0 unspecified atom stereocenters. The van der Waals surface area contributed by atoms with Gasteiger partial charge in [0.1, 0.15) is 11.3 Å². The van der Waals surface area contributed by atoms with Crippen LogP contribution in [0.15, 0.2) is 82.8 Å². The first kappa shape index (κ1) is 21.3. The van der Waals surface area contributed by atoms with Gasteiger partial charge in [-0.25, -0.2) is 14.6 Å². The highest BCUT2D eigenvalue weighted by atomic mass is 127. The minimum atomic E-state index is -0.744. The maximum Gasteiger partial charge on any atom is 0.343 e. The van der Waals surface area contributed by atoms with Crippen LogP contribution in [0.25, 0.3) is 6.08 Å². The van der Waals surface area contributed by atoms with Gasteiger partial charge in [-0.1, -0.05) is 36.4 Å². The number of carbonyl (C=O) groups is 3. The van der Waals surface area contributed by atoms with Crippen LogP contribution in [0, 0.1) is 3.57 Å². The number of halogens is 2. The average molecular weight is 589 g/mol. The van der Waals surface area contributed by atoms with Gasteiger partial charge in [0.15, 0.2) is 0 Å². The summed E-state index contributed by atoms with van der Waals surface area (Å²) < 4.78 is 0.975. The van der Waals surface area contributed by atoms with Crippen molar-refractivity contribution < 1.29 is 19.5 Å². The van der Waals surface area contributed by atoms with Gasteiger partial charge < -0.3 is 5.11 Å². The lowest BCUT2D eigenvalue weighted by Gasteiger charge is -2.33. The Bertz CT molecular complexity index is 1140. The summed E-state index contributed by atoms with van der Waals surface area (Å²) >= 11 is 5.23. The summed E-state index contributed by atoms with van der Waals surface area (Å²) in [6, 6.07) is 19.4. The maximum atomic E-state index is 13.3. The van der Waals surface area contributed by atoms with Crippen LogP contribution in [-0.4, -0.2) is 23.0 Å². The third kappa shape index (κ3) is 4.00. The molecule has 0 saturated carbocycles. The molecule has 31 heavy (non-hydrogen) atoms. The van der Waals surface area contributed by atoms with E-state index in [2.05, 4.69) is 15.9 Å². The number of aromatic hydroxyl groups is 1. The Balaban J connectivity index is 1.88. The highest BCUT2D eigenvalue weighted by Crippen LogP contribution is 2.33. The fourth-order valence-electron chi connectivity index (χ4n) is 3.17. The smallest absolute Gasteiger partial charge is 0.343 e. The number of barbiturate groups is 1. The average Bonchev–Trinajstić information content (AvgIpc) is 2.76. The Labute approximate surface area is 200 Å². The molecule has 1 aliphatic rings. The number of hydrogen-bond donors (Lipinski definition) is 1. The molecule has 0 aromatic heterocycles. The molecule has 154 valence electrons. The Morgan fingerprint density at radius 2 is 1.29 bits per heavy atom. The zero-order valence-electron chi connectivity index (χ0n) is 15.8. The van der Waals surface area contributed by atoms with Crippen molar-refractivity contribution in [2.75, 3.05) is 9.80 Å². The van der Waals surface area contributed by atoms with Gasteiger partial charge in [-0.3, -0.25) is 9.59 Å². The summed E-state index contributed by atoms with van der Waals surface area (Å²) in [4.78, 5) is 41.8. The molecule has 1 aliphatic heterocycles. The number of hydrogen-bond acceptors (Lipinski definition) is 4. The summed E-state index contributed by atoms with van der Waals surface area (Å²) in [7, 11) is 0. The van der Waals surface area contributed by atoms with Crippen molar-refractivity contribution in [1.29, 1.82) is 0 Å². The zero-order chi connectivity index (χ0) is 22.1. The number of phenols is 1. The maximum absolute atomic E-state index is 13.3. The number of nitrogens with zero attached hydrogens (tertiary/aromatic N) is 2. The minimum absolute atomic E-state index is 0.0658. The van der Waals surface area contributed by atoms with E-state index in [1.54, 1.807) is 72.8 Å². The van der Waals surface area contributed by atoms with Gasteiger partial charge in [0.2, 0.25) is 0 Å². The number of carbonyl (C=O) groups excluding carboxylic acids is 3. The van der Waals surface area contributed by atoms with Crippen molar-refractivity contribution in [1.82, 2.24) is 0 Å². The van der Waals surface area contributed by atoms with Gasteiger partial charge in [0.25, 0.3) is 11.8 Å². The van der Waals surface area contributed by atoms with E-state index in [0.29, 0.717) is 25.0 Å². The normalized spacial score (nSPS) is 14.3. The molecule has 1 fully saturated rings. The summed E-state index contributed by atoms with van der Waals surface area (Å²) in [6.45, 7) is 0. The van der Waals surface area contributed by atoms with Gasteiger partial charge in [-0.2, -0.15) is 0 Å². The lowest BCUT2D eigenvalue weighted by molar-refractivity contribution is -0.121. The molecule has 1 saturated heterocycles. The van der Waals surface area contributed by atoms with Crippen molar-refractivity contribution in [3.05, 3.63) is 92.0 Å². The van der Waals surface area contributed by atoms with E-state index in [4.69, 9.17) is 0 Å². The van der Waals surface area contributed by atoms with Crippen LogP contribution in [0.5, 0.6) is 5.75 Å². The molecule has 0 spiro atoms. The molecule has 0 bridgehead atoms. The van der Waals surface area contributed by atoms with E-state index in [1.165, 1.54) is 6.08 Å². The third-order valence-corrected chi connectivity index (χ3v) is 6.06. The molecule has 1 heterocycles. The molecule has 8 heteroatoms. The Morgan fingerprint density at radius 1 is 0.806 bits per heavy atom. The third-order valence-electron chi connectivity index (χ3n) is 4.63. The van der Waals surface area contributed by atoms with Crippen LogP contribution >= 0.6 is 38.5 Å². The predicted molar refractivity (Wildman–Crippen MR) is 130 cm³/mol. The standard InChI is InChI=1S/C23H14BrIN2O4/c24-18-12-14(13-19(25)20(18)28)11-17-21(29)26(15-7-3-1-4-8-15)23(31)27(22(17)30)16-9-5-2-6-10-16/h1-13,28H. The number of anilines is 2. The number of imide groups is 2. The van der Waals surface area contributed by atoms with Crippen LogP contribution in [-0.2, 0) is 9.59 Å². The molecule has 4 amide bonds. The van der Waals surface area contributed by atoms with E-state index in [1.807, 2.05) is 22.6 Å². The van der Waals surface area contributed by atoms with Crippen LogP contribution in [0.3, 0.4) is 0 Å². The molecular formula is C23H14BrIN2O4. The molecule has 6 nitrogen and oxygen atoms in total. The number of rotatable bonds is 3. The number of phenolic OH excluding ortho intramolecular Hbond substituents is 1. The molecule has 3 aromatic carbocycles. The molecule has 0 aliphatic carbocycles. The monoisotopic (exact) mass is 588 g/mol. The molecular weight excluding hydrogens is 575 g/mol. The second-order valence-corrected chi connectivity index (χ2v) is 8.64. The fourth-order valence-corrected chi connectivity index (χ4v) is 4.67. The summed E-state index contributed by atoms with van der Waals surface area (Å²) in [5.74, 6) is -1.36. The molecule has 1 N–H and O–H groups in total. The van der Waals surface area contributed by atoms with E-state index in [9.17, 15) is 19.5 Å². The Morgan fingerprint density at radius 3 is 1.74 bits per heavy atom. The van der Waals surface area contributed by atoms with E-state index in [0.717, 1.165) is 9.80 Å². The van der Waals surface area contributed by atoms with Gasteiger partial charge in [-0.15, -0.1) is 0 Å². The van der Waals surface area contributed by atoms with Crippen LogP contribution < -0.4 is 9.80 Å². The minimum Gasteiger partial charge on any atom is -0.506 e. The van der Waals surface area contributed by atoms with Crippen molar-refractivity contribution >= 4 is 73.8 Å². The van der Waals surface area contributed by atoms with Crippen LogP contribution in [0.4, 0.5) is 16.2 Å². The SMILES string of the molecule is O=C1C(=Cc2cc(Br)c(O)c(I)c2)C(=O)N(c2ccccc2)C(=O)N1c1ccccc1. The first-order chi connectivity index (χ1) is 14.9. The Hall–Kier alpha value is -2.98. The zero-order valence-corrected chi connectivity index (χ0v) is 19.6. The van der Waals surface area contributed by atoms with Crippen molar-refractivity contribution in [3.63, 3.8) is 0 Å². The topological polar surface area (TPSA) is 77.9 Å². The van der Waals surface area contributed by atoms with Gasteiger partial charge >= 0.3 is 6.03 Å². The second-order valence-electron chi connectivity index (χ2n) is 6.63. The van der Waals surface area contributed by atoms with Gasteiger partial charge in [0, 0.05) is 0 Å². The van der Waals surface area contributed by atoms with E-state index in [-0.39, 0.29) is 11.3 Å². The highest BCUT2D eigenvalue weighted by molar-refractivity contribution is 14.1. The quantitative estimate of drug-likeness (QED) is 0.254. The molecule has 0 radical (unpaired) electrons. The molecule has 3 aromatic rings. The number of benzene rings is 3. The first-order valence-corrected chi connectivity index (χ1v) is 11.0. The van der Waals surface area contributed by atoms with E-state index >= 15 is 0 Å². The second kappa shape index (κ2) is 8.64. The molecule has 4 rings (SSSR count). The van der Waals surface area contributed by atoms with Gasteiger partial charge in [-0.05, 0) is 86.6 Å². The fraction of sp³-hybridized carbons (Fsp3) is 0. The number of para-hydroxylation sites is 2. The van der Waals surface area contributed by atoms with Crippen molar-refractivity contribution in [3.8, 4) is 5.75 Å². The largest absolute Gasteiger partial charge is 0.506 e. The van der Waals surface area contributed by atoms with Crippen LogP contribution in [0.1, 0.15) is 5.56 Å². The Kier molecular flexibility index (Phi) is 5.92. The van der Waals surface area contributed by atoms with Crippen LogP contribution in [0.2, 0.25) is 0 Å². The number of urea groups is 1.